The number of hydrogen-bond donors (Lipinski definition) is 2. The second kappa shape index (κ2) is 10.2. The Bertz CT molecular complexity index is 380. The monoisotopic (exact) mass is 304 g/mol. The van der Waals surface area contributed by atoms with Crippen molar-refractivity contribution in [3.8, 4) is 0 Å². The Balaban J connectivity index is 0.00000324. The van der Waals surface area contributed by atoms with Crippen molar-refractivity contribution < 1.29 is 4.79 Å². The average Bonchev–Trinajstić information content (AvgIpc) is 2.64. The van der Waals surface area contributed by atoms with Crippen LogP contribution in [0.25, 0.3) is 0 Å². The predicted molar refractivity (Wildman–Crippen MR) is 85.5 cm³/mol. The normalized spacial score (nSPS) is 10.1. The lowest BCUT2D eigenvalue weighted by Gasteiger charge is -2.05. The van der Waals surface area contributed by atoms with Crippen molar-refractivity contribution in [2.24, 2.45) is 0 Å². The highest BCUT2D eigenvalue weighted by atomic mass is 35.5. The molecule has 0 saturated heterocycles. The molecule has 0 aromatic carbocycles. The van der Waals surface area contributed by atoms with Crippen LogP contribution in [0.15, 0.2) is 6.07 Å². The number of carbonyl (C=O) groups excluding carboxylic acids is 1. The third kappa shape index (κ3) is 7.55. The van der Waals surface area contributed by atoms with Gasteiger partial charge in [-0.3, -0.25) is 4.79 Å². The van der Waals surface area contributed by atoms with Gasteiger partial charge in [0.25, 0.3) is 0 Å². The van der Waals surface area contributed by atoms with E-state index in [0.29, 0.717) is 6.42 Å². The molecule has 0 bridgehead atoms. The van der Waals surface area contributed by atoms with Gasteiger partial charge in [-0.2, -0.15) is 0 Å². The van der Waals surface area contributed by atoms with Gasteiger partial charge in [0.2, 0.25) is 5.91 Å². The SMILES string of the molecule is CNCCCNC(=O)CCCc1cc(C)sc1C.Cl. The van der Waals surface area contributed by atoms with Crippen LogP contribution in [0.4, 0.5) is 0 Å². The maximum atomic E-state index is 11.6. The zero-order valence-electron chi connectivity index (χ0n) is 12.0. The van der Waals surface area contributed by atoms with Crippen molar-refractivity contribution in [2.75, 3.05) is 20.1 Å². The molecule has 1 rings (SSSR count). The van der Waals surface area contributed by atoms with E-state index >= 15 is 0 Å². The molecule has 0 atom stereocenters. The fourth-order valence-corrected chi connectivity index (χ4v) is 2.93. The molecule has 3 nitrogen and oxygen atoms in total. The number of thiophene rings is 1. The molecule has 0 spiro atoms. The first-order valence-electron chi connectivity index (χ1n) is 6.60. The largest absolute Gasteiger partial charge is 0.356 e. The lowest BCUT2D eigenvalue weighted by atomic mass is 10.1. The minimum atomic E-state index is 0. The van der Waals surface area contributed by atoms with Crippen molar-refractivity contribution in [1.29, 1.82) is 0 Å². The average molecular weight is 305 g/mol. The summed E-state index contributed by atoms with van der Waals surface area (Å²) in [4.78, 5) is 14.3. The Morgan fingerprint density at radius 2 is 2.00 bits per heavy atom. The molecule has 1 amide bonds. The Kier molecular flexibility index (Phi) is 9.92. The lowest BCUT2D eigenvalue weighted by Crippen LogP contribution is -2.26. The van der Waals surface area contributed by atoms with Crippen LogP contribution in [0, 0.1) is 13.8 Å². The first-order chi connectivity index (χ1) is 8.63. The van der Waals surface area contributed by atoms with Crippen LogP contribution in [0.2, 0.25) is 0 Å². The van der Waals surface area contributed by atoms with Gasteiger partial charge >= 0.3 is 0 Å². The summed E-state index contributed by atoms with van der Waals surface area (Å²) in [6.07, 6.45) is 3.58. The molecule has 0 saturated carbocycles. The quantitative estimate of drug-likeness (QED) is 0.725. The minimum absolute atomic E-state index is 0. The van der Waals surface area contributed by atoms with E-state index in [2.05, 4.69) is 30.5 Å². The minimum Gasteiger partial charge on any atom is -0.356 e. The molecular formula is C14H25ClN2OS. The fraction of sp³-hybridized carbons (Fsp3) is 0.643. The van der Waals surface area contributed by atoms with E-state index in [1.807, 2.05) is 18.4 Å². The van der Waals surface area contributed by atoms with Crippen molar-refractivity contribution in [2.45, 2.75) is 39.5 Å². The Hall–Kier alpha value is -0.580. The van der Waals surface area contributed by atoms with Crippen molar-refractivity contribution >= 4 is 29.7 Å². The van der Waals surface area contributed by atoms with Crippen molar-refractivity contribution in [3.63, 3.8) is 0 Å². The number of halogens is 1. The maximum Gasteiger partial charge on any atom is 0.220 e. The highest BCUT2D eigenvalue weighted by Gasteiger charge is 2.05. The summed E-state index contributed by atoms with van der Waals surface area (Å²) in [6.45, 7) is 6.02. The van der Waals surface area contributed by atoms with Crippen molar-refractivity contribution in [3.05, 3.63) is 21.4 Å². The zero-order chi connectivity index (χ0) is 13.4. The van der Waals surface area contributed by atoms with Crippen molar-refractivity contribution in [1.82, 2.24) is 10.6 Å². The van der Waals surface area contributed by atoms with Crippen LogP contribution in [0.1, 0.15) is 34.6 Å². The first-order valence-corrected chi connectivity index (χ1v) is 7.42. The van der Waals surface area contributed by atoms with Gasteiger partial charge in [0.05, 0.1) is 0 Å². The van der Waals surface area contributed by atoms with E-state index in [1.165, 1.54) is 15.3 Å². The van der Waals surface area contributed by atoms with Crippen LogP contribution in [0.5, 0.6) is 0 Å². The number of aryl methyl sites for hydroxylation is 3. The zero-order valence-corrected chi connectivity index (χ0v) is 13.7. The Morgan fingerprint density at radius 1 is 1.26 bits per heavy atom. The summed E-state index contributed by atoms with van der Waals surface area (Å²) in [5, 5.41) is 6.01. The van der Waals surface area contributed by atoms with Gasteiger partial charge in [-0.15, -0.1) is 23.7 Å². The smallest absolute Gasteiger partial charge is 0.220 e. The van der Waals surface area contributed by atoms with Crippen LogP contribution in [-0.4, -0.2) is 26.0 Å². The Labute approximate surface area is 126 Å². The molecule has 0 radical (unpaired) electrons. The van der Waals surface area contributed by atoms with E-state index in [1.54, 1.807) is 0 Å². The van der Waals surface area contributed by atoms with Gasteiger partial charge in [0.15, 0.2) is 0 Å². The van der Waals surface area contributed by atoms with Crippen LogP contribution in [-0.2, 0) is 11.2 Å². The van der Waals surface area contributed by atoms with Gasteiger partial charge in [-0.1, -0.05) is 0 Å². The predicted octanol–water partition coefficient (Wildman–Crippen LogP) is 2.84. The fourth-order valence-electron chi connectivity index (χ4n) is 1.95. The third-order valence-electron chi connectivity index (χ3n) is 2.92. The third-order valence-corrected chi connectivity index (χ3v) is 3.93. The molecule has 1 aromatic heterocycles. The van der Waals surface area contributed by atoms with Gasteiger partial charge in [-0.05, 0) is 58.3 Å². The van der Waals surface area contributed by atoms with Gasteiger partial charge < -0.3 is 10.6 Å². The molecule has 110 valence electrons. The van der Waals surface area contributed by atoms with Gasteiger partial charge in [0, 0.05) is 22.7 Å². The summed E-state index contributed by atoms with van der Waals surface area (Å²) in [7, 11) is 1.92. The highest BCUT2D eigenvalue weighted by Crippen LogP contribution is 2.21. The van der Waals surface area contributed by atoms with Crippen LogP contribution in [0.3, 0.4) is 0 Å². The van der Waals surface area contributed by atoms with Crippen LogP contribution < -0.4 is 10.6 Å². The lowest BCUT2D eigenvalue weighted by molar-refractivity contribution is -0.121. The van der Waals surface area contributed by atoms with E-state index in [9.17, 15) is 4.79 Å². The number of amides is 1. The highest BCUT2D eigenvalue weighted by molar-refractivity contribution is 7.12. The second-order valence-electron chi connectivity index (χ2n) is 4.60. The molecule has 0 aliphatic carbocycles. The molecule has 0 fully saturated rings. The molecule has 2 N–H and O–H groups in total. The molecule has 1 heterocycles. The van der Waals surface area contributed by atoms with E-state index in [0.717, 1.165) is 32.4 Å². The molecule has 19 heavy (non-hydrogen) atoms. The Morgan fingerprint density at radius 3 is 2.58 bits per heavy atom. The number of carbonyl (C=O) groups is 1. The molecule has 5 heteroatoms. The summed E-state index contributed by atoms with van der Waals surface area (Å²) in [5.41, 5.74) is 1.40. The second-order valence-corrected chi connectivity index (χ2v) is 6.06. The molecule has 0 aliphatic heterocycles. The standard InChI is InChI=1S/C14H24N2OS.ClH/c1-11-10-13(12(2)18-11)6-4-7-14(17)16-9-5-8-15-3;/h10,15H,4-9H2,1-3H3,(H,16,17);1H. The maximum absolute atomic E-state index is 11.6. The number of hydrogen-bond acceptors (Lipinski definition) is 3. The summed E-state index contributed by atoms with van der Waals surface area (Å²) < 4.78 is 0. The summed E-state index contributed by atoms with van der Waals surface area (Å²) in [5.74, 6) is 0.177. The molecule has 0 aliphatic rings. The van der Waals surface area contributed by atoms with Gasteiger partial charge in [0.1, 0.15) is 0 Å². The summed E-state index contributed by atoms with van der Waals surface area (Å²) in [6, 6.07) is 2.24. The van der Waals surface area contributed by atoms with E-state index in [4.69, 9.17) is 0 Å². The molecular weight excluding hydrogens is 280 g/mol. The van der Waals surface area contributed by atoms with Crippen LogP contribution >= 0.6 is 23.7 Å². The van der Waals surface area contributed by atoms with E-state index < -0.39 is 0 Å². The summed E-state index contributed by atoms with van der Waals surface area (Å²) >= 11 is 1.84. The molecule has 0 unspecified atom stereocenters. The molecule has 1 aromatic rings. The number of rotatable bonds is 8. The first kappa shape index (κ1) is 18.4. The number of nitrogens with one attached hydrogen (secondary N) is 2. The van der Waals surface area contributed by atoms with E-state index in [-0.39, 0.29) is 18.3 Å². The topological polar surface area (TPSA) is 41.1 Å². The van der Waals surface area contributed by atoms with Gasteiger partial charge in [-0.25, -0.2) is 0 Å².